The van der Waals surface area contributed by atoms with E-state index in [2.05, 4.69) is 0 Å². The first kappa shape index (κ1) is 13.8. The topological polar surface area (TPSA) is 40.5 Å². The van der Waals surface area contributed by atoms with Crippen LogP contribution in [0.2, 0.25) is 0 Å². The Morgan fingerprint density at radius 3 is 2.42 bits per heavy atom. The average Bonchev–Trinajstić information content (AvgIpc) is 2.39. The Bertz CT molecular complexity index is 570. The summed E-state index contributed by atoms with van der Waals surface area (Å²) >= 11 is 0. The van der Waals surface area contributed by atoms with E-state index in [4.69, 9.17) is 0 Å². The zero-order valence-electron chi connectivity index (χ0n) is 10.8. The molecule has 0 radical (unpaired) electrons. The van der Waals surface area contributed by atoms with Crippen LogP contribution in [0.5, 0.6) is 0 Å². The van der Waals surface area contributed by atoms with Crippen molar-refractivity contribution in [2.24, 2.45) is 0 Å². The van der Waals surface area contributed by atoms with Gasteiger partial charge in [-0.1, -0.05) is 49.7 Å². The van der Waals surface area contributed by atoms with E-state index < -0.39 is 7.12 Å². The zero-order chi connectivity index (χ0) is 13.8. The van der Waals surface area contributed by atoms with Gasteiger partial charge in [0.25, 0.3) is 0 Å². The van der Waals surface area contributed by atoms with Crippen LogP contribution in [0, 0.1) is 5.82 Å². The average molecular weight is 258 g/mol. The van der Waals surface area contributed by atoms with Gasteiger partial charge in [0.1, 0.15) is 5.82 Å². The fourth-order valence-electron chi connectivity index (χ4n) is 2.19. The van der Waals surface area contributed by atoms with Crippen molar-refractivity contribution in [3.05, 3.63) is 53.8 Å². The maximum atomic E-state index is 14.1. The zero-order valence-corrected chi connectivity index (χ0v) is 10.8. The van der Waals surface area contributed by atoms with Crippen molar-refractivity contribution in [2.45, 2.75) is 19.8 Å². The summed E-state index contributed by atoms with van der Waals surface area (Å²) in [6, 6.07) is 11.8. The minimum Gasteiger partial charge on any atom is -0.423 e. The van der Waals surface area contributed by atoms with Crippen molar-refractivity contribution in [3.8, 4) is 11.1 Å². The van der Waals surface area contributed by atoms with Gasteiger partial charge in [0.2, 0.25) is 0 Å². The highest BCUT2D eigenvalue weighted by molar-refractivity contribution is 6.60. The van der Waals surface area contributed by atoms with Crippen LogP contribution < -0.4 is 5.46 Å². The van der Waals surface area contributed by atoms with E-state index in [0.717, 1.165) is 18.4 Å². The van der Waals surface area contributed by atoms with Crippen molar-refractivity contribution >= 4 is 12.6 Å². The second kappa shape index (κ2) is 6.00. The Morgan fingerprint density at radius 1 is 1.05 bits per heavy atom. The van der Waals surface area contributed by atoms with E-state index in [-0.39, 0.29) is 5.82 Å². The molecule has 0 aliphatic rings. The lowest BCUT2D eigenvalue weighted by Gasteiger charge is -2.11. The molecular formula is C15H16BFO2. The number of halogens is 1. The summed E-state index contributed by atoms with van der Waals surface area (Å²) in [5, 5.41) is 18.7. The molecule has 0 amide bonds. The van der Waals surface area contributed by atoms with Crippen LogP contribution in [0.1, 0.15) is 18.9 Å². The molecule has 19 heavy (non-hydrogen) atoms. The number of aryl methyl sites for hydroxylation is 1. The fraction of sp³-hybridized carbons (Fsp3) is 0.200. The Balaban J connectivity index is 2.47. The summed E-state index contributed by atoms with van der Waals surface area (Å²) < 4.78 is 14.1. The van der Waals surface area contributed by atoms with Gasteiger partial charge < -0.3 is 10.0 Å². The van der Waals surface area contributed by atoms with E-state index in [9.17, 15) is 14.4 Å². The van der Waals surface area contributed by atoms with Crippen molar-refractivity contribution in [1.29, 1.82) is 0 Å². The number of hydrogen-bond donors (Lipinski definition) is 2. The van der Waals surface area contributed by atoms with Gasteiger partial charge >= 0.3 is 7.12 Å². The van der Waals surface area contributed by atoms with Gasteiger partial charge in [-0.3, -0.25) is 0 Å². The van der Waals surface area contributed by atoms with Crippen LogP contribution in [-0.2, 0) is 6.42 Å². The second-order valence-corrected chi connectivity index (χ2v) is 4.53. The third-order valence-corrected chi connectivity index (χ3v) is 3.10. The Morgan fingerprint density at radius 2 is 1.79 bits per heavy atom. The molecule has 0 aliphatic carbocycles. The van der Waals surface area contributed by atoms with Crippen LogP contribution in [0.25, 0.3) is 11.1 Å². The van der Waals surface area contributed by atoms with Gasteiger partial charge in [-0.05, 0) is 29.1 Å². The molecule has 2 rings (SSSR count). The third-order valence-electron chi connectivity index (χ3n) is 3.10. The first-order valence-corrected chi connectivity index (χ1v) is 6.37. The SMILES string of the molecule is CCCc1ccc(-c2ccccc2B(O)O)c(F)c1. The van der Waals surface area contributed by atoms with Crippen LogP contribution in [0.15, 0.2) is 42.5 Å². The van der Waals surface area contributed by atoms with Crippen LogP contribution in [-0.4, -0.2) is 17.2 Å². The van der Waals surface area contributed by atoms with E-state index in [1.807, 2.05) is 13.0 Å². The van der Waals surface area contributed by atoms with Gasteiger partial charge in [0, 0.05) is 5.56 Å². The Kier molecular flexibility index (Phi) is 4.35. The summed E-state index contributed by atoms with van der Waals surface area (Å²) in [6.07, 6.45) is 1.80. The van der Waals surface area contributed by atoms with Gasteiger partial charge in [-0.15, -0.1) is 0 Å². The van der Waals surface area contributed by atoms with Crippen molar-refractivity contribution in [3.63, 3.8) is 0 Å². The molecule has 0 unspecified atom stereocenters. The third kappa shape index (κ3) is 3.03. The summed E-state index contributed by atoms with van der Waals surface area (Å²) in [6.45, 7) is 2.04. The maximum absolute atomic E-state index is 14.1. The van der Waals surface area contributed by atoms with Gasteiger partial charge in [0.15, 0.2) is 0 Å². The molecule has 98 valence electrons. The Hall–Kier alpha value is -1.65. The van der Waals surface area contributed by atoms with E-state index >= 15 is 0 Å². The van der Waals surface area contributed by atoms with E-state index in [0.29, 0.717) is 16.6 Å². The number of rotatable bonds is 4. The summed E-state index contributed by atoms with van der Waals surface area (Å²) in [7, 11) is -1.61. The molecule has 0 saturated heterocycles. The molecule has 2 N–H and O–H groups in total. The molecule has 0 aromatic heterocycles. The minimum atomic E-state index is -1.61. The van der Waals surface area contributed by atoms with Crippen LogP contribution >= 0.6 is 0 Å². The van der Waals surface area contributed by atoms with Crippen molar-refractivity contribution in [1.82, 2.24) is 0 Å². The van der Waals surface area contributed by atoms with Crippen molar-refractivity contribution < 1.29 is 14.4 Å². The predicted octanol–water partition coefficient (Wildman–Crippen LogP) is 2.13. The molecule has 2 aromatic carbocycles. The standard InChI is InChI=1S/C15H16BFO2/c1-2-5-11-8-9-13(15(17)10-11)12-6-3-4-7-14(12)16(18)19/h3-4,6-10,18-19H,2,5H2,1H3. The first-order valence-electron chi connectivity index (χ1n) is 6.37. The highest BCUT2D eigenvalue weighted by Crippen LogP contribution is 2.23. The van der Waals surface area contributed by atoms with Crippen LogP contribution in [0.4, 0.5) is 4.39 Å². The quantitative estimate of drug-likeness (QED) is 0.825. The fourth-order valence-corrected chi connectivity index (χ4v) is 2.19. The molecule has 0 bridgehead atoms. The van der Waals surface area contributed by atoms with Crippen LogP contribution in [0.3, 0.4) is 0 Å². The Labute approximate surface area is 112 Å². The second-order valence-electron chi connectivity index (χ2n) is 4.53. The molecule has 2 nitrogen and oxygen atoms in total. The lowest BCUT2D eigenvalue weighted by molar-refractivity contribution is 0.426. The minimum absolute atomic E-state index is 0.310. The normalized spacial score (nSPS) is 10.5. The lowest BCUT2D eigenvalue weighted by Crippen LogP contribution is -2.31. The molecule has 0 fully saturated rings. The molecule has 0 aliphatic heterocycles. The highest BCUT2D eigenvalue weighted by atomic mass is 19.1. The predicted molar refractivity (Wildman–Crippen MR) is 75.7 cm³/mol. The molecule has 0 heterocycles. The number of benzene rings is 2. The first-order chi connectivity index (χ1) is 9.13. The highest BCUT2D eigenvalue weighted by Gasteiger charge is 2.18. The summed E-state index contributed by atoms with van der Waals surface area (Å²) in [4.78, 5) is 0. The van der Waals surface area contributed by atoms with Gasteiger partial charge in [-0.25, -0.2) is 4.39 Å². The molecule has 0 atom stereocenters. The van der Waals surface area contributed by atoms with Crippen molar-refractivity contribution in [2.75, 3.05) is 0 Å². The molecule has 0 saturated carbocycles. The lowest BCUT2D eigenvalue weighted by atomic mass is 9.75. The molecular weight excluding hydrogens is 242 g/mol. The van der Waals surface area contributed by atoms with E-state index in [1.54, 1.807) is 30.3 Å². The smallest absolute Gasteiger partial charge is 0.423 e. The molecule has 0 spiro atoms. The molecule has 4 heteroatoms. The van der Waals surface area contributed by atoms with E-state index in [1.165, 1.54) is 6.07 Å². The molecule has 2 aromatic rings. The van der Waals surface area contributed by atoms with Gasteiger partial charge in [0.05, 0.1) is 0 Å². The summed E-state index contributed by atoms with van der Waals surface area (Å²) in [5.74, 6) is -0.334. The maximum Gasteiger partial charge on any atom is 0.489 e. The summed E-state index contributed by atoms with van der Waals surface area (Å²) in [5.41, 5.74) is 2.16. The largest absolute Gasteiger partial charge is 0.489 e. The monoisotopic (exact) mass is 258 g/mol. The number of hydrogen-bond acceptors (Lipinski definition) is 2. The van der Waals surface area contributed by atoms with Gasteiger partial charge in [-0.2, -0.15) is 0 Å².